The number of rotatable bonds is 3. The van der Waals surface area contributed by atoms with E-state index in [1.165, 1.54) is 17.6 Å². The van der Waals surface area contributed by atoms with Gasteiger partial charge in [-0.05, 0) is 37.5 Å². The maximum absolute atomic E-state index is 12.6. The van der Waals surface area contributed by atoms with Crippen molar-refractivity contribution in [2.45, 2.75) is 25.7 Å². The van der Waals surface area contributed by atoms with Crippen molar-refractivity contribution in [1.82, 2.24) is 5.43 Å². The summed E-state index contributed by atoms with van der Waals surface area (Å²) in [7, 11) is 0. The molecule has 1 aliphatic rings. The van der Waals surface area contributed by atoms with Crippen LogP contribution in [-0.2, 0) is 12.8 Å². The predicted molar refractivity (Wildman–Crippen MR) is 116 cm³/mol. The third kappa shape index (κ3) is 3.09. The number of nitrogens with zero attached hydrogens (tertiary/aromatic N) is 1. The van der Waals surface area contributed by atoms with Crippen molar-refractivity contribution in [3.8, 4) is 5.75 Å². The molecule has 0 unspecified atom stereocenters. The van der Waals surface area contributed by atoms with E-state index < -0.39 is 0 Å². The maximum atomic E-state index is 12.6. The van der Waals surface area contributed by atoms with Gasteiger partial charge in [-0.25, -0.2) is 5.43 Å². The van der Waals surface area contributed by atoms with Gasteiger partial charge in [0.15, 0.2) is 0 Å². The molecule has 0 bridgehead atoms. The number of thiophene rings is 1. The highest BCUT2D eigenvalue weighted by Crippen LogP contribution is 2.37. The van der Waals surface area contributed by atoms with Crippen LogP contribution in [0.2, 0.25) is 5.02 Å². The standard InChI is InChI=1S/C22H17ClN2O3S/c23-20-13-6-2-4-8-18(13)29-21(20)22(27)25-24-11-14-15(26)9-10-17-19(14)12-5-1-3-7-16(12)28-17/h2,4,6,8-11,26H,1,3,5,7H2,(H,25,27). The first-order chi connectivity index (χ1) is 14.1. The Morgan fingerprint density at radius 3 is 2.90 bits per heavy atom. The van der Waals surface area contributed by atoms with Gasteiger partial charge in [-0.1, -0.05) is 29.8 Å². The number of hydrogen-bond acceptors (Lipinski definition) is 5. The number of aryl methyl sites for hydroxylation is 2. The molecule has 0 atom stereocenters. The SMILES string of the molecule is O=C(NN=Cc1c(O)ccc2oc3c(c12)CCCC3)c1sc2ccccc2c1Cl. The fourth-order valence-electron chi connectivity index (χ4n) is 3.87. The van der Waals surface area contributed by atoms with E-state index in [4.69, 9.17) is 16.0 Å². The highest BCUT2D eigenvalue weighted by Gasteiger charge is 2.21. The number of phenols is 1. The minimum absolute atomic E-state index is 0.101. The van der Waals surface area contributed by atoms with Crippen LogP contribution in [0.4, 0.5) is 0 Å². The summed E-state index contributed by atoms with van der Waals surface area (Å²) in [6, 6.07) is 11.0. The average molecular weight is 425 g/mol. The fourth-order valence-corrected chi connectivity index (χ4v) is 5.28. The second-order valence-electron chi connectivity index (χ2n) is 7.02. The summed E-state index contributed by atoms with van der Waals surface area (Å²) < 4.78 is 6.90. The van der Waals surface area contributed by atoms with E-state index in [-0.39, 0.29) is 11.7 Å². The number of fused-ring (bicyclic) bond motifs is 4. The highest BCUT2D eigenvalue weighted by molar-refractivity contribution is 7.21. The van der Waals surface area contributed by atoms with Crippen LogP contribution in [0, 0.1) is 0 Å². The molecule has 0 spiro atoms. The number of aromatic hydroxyl groups is 1. The lowest BCUT2D eigenvalue weighted by Gasteiger charge is -2.09. The van der Waals surface area contributed by atoms with Gasteiger partial charge in [0.2, 0.25) is 0 Å². The van der Waals surface area contributed by atoms with Crippen molar-refractivity contribution in [2.24, 2.45) is 5.10 Å². The Morgan fingerprint density at radius 1 is 1.21 bits per heavy atom. The lowest BCUT2D eigenvalue weighted by molar-refractivity contribution is 0.0959. The van der Waals surface area contributed by atoms with Crippen LogP contribution in [0.15, 0.2) is 45.9 Å². The van der Waals surface area contributed by atoms with Crippen LogP contribution < -0.4 is 5.43 Å². The van der Waals surface area contributed by atoms with Crippen LogP contribution in [-0.4, -0.2) is 17.2 Å². The number of amides is 1. The minimum Gasteiger partial charge on any atom is -0.507 e. The first kappa shape index (κ1) is 18.2. The van der Waals surface area contributed by atoms with Gasteiger partial charge in [-0.15, -0.1) is 11.3 Å². The van der Waals surface area contributed by atoms with Gasteiger partial charge in [0.05, 0.1) is 11.2 Å². The normalized spacial score (nSPS) is 14.0. The molecule has 0 fully saturated rings. The summed E-state index contributed by atoms with van der Waals surface area (Å²) >= 11 is 7.68. The van der Waals surface area contributed by atoms with Crippen molar-refractivity contribution >= 4 is 56.1 Å². The second-order valence-corrected chi connectivity index (χ2v) is 8.45. The Kier molecular flexibility index (Phi) is 4.53. The Bertz CT molecular complexity index is 1290. The molecule has 5 rings (SSSR count). The van der Waals surface area contributed by atoms with Crippen LogP contribution in [0.3, 0.4) is 0 Å². The summed E-state index contributed by atoms with van der Waals surface area (Å²) in [5, 5.41) is 16.6. The van der Waals surface area contributed by atoms with Crippen LogP contribution in [0.25, 0.3) is 21.1 Å². The number of phenolic OH excluding ortho intramolecular Hbond substituents is 1. The molecule has 5 nitrogen and oxygen atoms in total. The van der Waals surface area contributed by atoms with E-state index in [0.717, 1.165) is 58.1 Å². The molecule has 0 saturated carbocycles. The molecule has 1 amide bonds. The first-order valence-corrected chi connectivity index (χ1v) is 10.6. The number of hydrazone groups is 1. The number of carbonyl (C=O) groups is 1. The smallest absolute Gasteiger partial charge is 0.283 e. The van der Waals surface area contributed by atoms with Crippen molar-refractivity contribution < 1.29 is 14.3 Å². The van der Waals surface area contributed by atoms with Crippen molar-refractivity contribution in [3.63, 3.8) is 0 Å². The molecule has 0 aliphatic heterocycles. The maximum Gasteiger partial charge on any atom is 0.283 e. The Balaban J connectivity index is 1.46. The molecule has 29 heavy (non-hydrogen) atoms. The van der Waals surface area contributed by atoms with Crippen molar-refractivity contribution in [3.05, 3.63) is 63.2 Å². The first-order valence-electron chi connectivity index (χ1n) is 9.40. The third-order valence-electron chi connectivity index (χ3n) is 5.24. The Morgan fingerprint density at radius 2 is 2.03 bits per heavy atom. The molecular weight excluding hydrogens is 408 g/mol. The average Bonchev–Trinajstić information content (AvgIpc) is 3.28. The van der Waals surface area contributed by atoms with Crippen LogP contribution in [0.1, 0.15) is 39.4 Å². The van der Waals surface area contributed by atoms with Gasteiger partial charge in [0.25, 0.3) is 5.91 Å². The monoisotopic (exact) mass is 424 g/mol. The van der Waals surface area contributed by atoms with Gasteiger partial charge in [0.1, 0.15) is 22.0 Å². The zero-order chi connectivity index (χ0) is 20.0. The van der Waals surface area contributed by atoms with Crippen molar-refractivity contribution in [1.29, 1.82) is 0 Å². The summed E-state index contributed by atoms with van der Waals surface area (Å²) in [5.41, 5.74) is 4.94. The minimum atomic E-state index is -0.381. The second kappa shape index (κ2) is 7.21. The van der Waals surface area contributed by atoms with Gasteiger partial charge in [-0.2, -0.15) is 5.10 Å². The quantitative estimate of drug-likeness (QED) is 0.329. The molecule has 7 heteroatoms. The van der Waals surface area contributed by atoms with Gasteiger partial charge < -0.3 is 9.52 Å². The van der Waals surface area contributed by atoms with E-state index >= 15 is 0 Å². The Hall–Kier alpha value is -2.83. The van der Waals surface area contributed by atoms with E-state index in [1.54, 1.807) is 12.1 Å². The molecule has 2 aromatic carbocycles. The summed E-state index contributed by atoms with van der Waals surface area (Å²) in [5.74, 6) is 0.700. The largest absolute Gasteiger partial charge is 0.507 e. The molecule has 4 aromatic rings. The number of nitrogens with one attached hydrogen (secondary N) is 1. The number of carbonyl (C=O) groups excluding carboxylic acids is 1. The number of hydrogen-bond donors (Lipinski definition) is 2. The van der Waals surface area contributed by atoms with Gasteiger partial charge in [0, 0.05) is 33.0 Å². The van der Waals surface area contributed by atoms with Crippen molar-refractivity contribution in [2.75, 3.05) is 0 Å². The van der Waals surface area contributed by atoms with Gasteiger partial charge in [-0.3, -0.25) is 4.79 Å². The fraction of sp³-hybridized carbons (Fsp3) is 0.182. The lowest BCUT2D eigenvalue weighted by Crippen LogP contribution is -2.16. The molecule has 2 aromatic heterocycles. The van der Waals surface area contributed by atoms with E-state index in [0.29, 0.717) is 15.5 Å². The molecular formula is C22H17ClN2O3S. The predicted octanol–water partition coefficient (Wildman–Crippen LogP) is 5.65. The van der Waals surface area contributed by atoms with E-state index in [9.17, 15) is 9.90 Å². The molecule has 1 aliphatic carbocycles. The van der Waals surface area contributed by atoms with E-state index in [1.807, 2.05) is 24.3 Å². The summed E-state index contributed by atoms with van der Waals surface area (Å²) in [4.78, 5) is 13.0. The van der Waals surface area contributed by atoms with Crippen LogP contribution in [0.5, 0.6) is 5.75 Å². The van der Waals surface area contributed by atoms with E-state index in [2.05, 4.69) is 10.5 Å². The van der Waals surface area contributed by atoms with Gasteiger partial charge >= 0.3 is 0 Å². The van der Waals surface area contributed by atoms with Crippen LogP contribution >= 0.6 is 22.9 Å². The third-order valence-corrected chi connectivity index (χ3v) is 6.91. The topological polar surface area (TPSA) is 74.8 Å². The highest BCUT2D eigenvalue weighted by atomic mass is 35.5. The summed E-state index contributed by atoms with van der Waals surface area (Å²) in [6.07, 6.45) is 5.49. The zero-order valence-electron chi connectivity index (χ0n) is 15.4. The number of benzene rings is 2. The molecule has 2 heterocycles. The lowest BCUT2D eigenvalue weighted by atomic mass is 9.94. The number of furan rings is 1. The number of halogens is 1. The summed E-state index contributed by atoms with van der Waals surface area (Å²) in [6.45, 7) is 0. The molecule has 146 valence electrons. The zero-order valence-corrected chi connectivity index (χ0v) is 16.9. The molecule has 2 N–H and O–H groups in total. The molecule has 0 saturated heterocycles. The Labute approximate surface area is 175 Å². The molecule has 0 radical (unpaired) electrons.